The molecule has 144 valence electrons. The number of fused-ring (bicyclic) bond motifs is 2. The largest absolute Gasteiger partial charge is 0.454 e. The molecule has 0 spiro atoms. The second-order valence-corrected chi connectivity index (χ2v) is 8.52. The summed E-state index contributed by atoms with van der Waals surface area (Å²) in [6, 6.07) is 15.1. The Morgan fingerprint density at radius 1 is 1.14 bits per heavy atom. The van der Waals surface area contributed by atoms with Crippen LogP contribution in [-0.2, 0) is 13.6 Å². The average molecular weight is 394 g/mol. The van der Waals surface area contributed by atoms with Gasteiger partial charge in [0.15, 0.2) is 11.5 Å². The van der Waals surface area contributed by atoms with Crippen molar-refractivity contribution in [3.63, 3.8) is 0 Å². The van der Waals surface area contributed by atoms with Crippen molar-refractivity contribution in [3.05, 3.63) is 65.5 Å². The lowest BCUT2D eigenvalue weighted by molar-refractivity contribution is 0.174. The molecule has 0 saturated carbocycles. The molecule has 2 aliphatic rings. The number of hydrogen-bond acceptors (Lipinski definition) is 5. The monoisotopic (exact) mass is 393 g/mol. The first kappa shape index (κ1) is 17.5. The molecule has 5 rings (SSSR count). The van der Waals surface area contributed by atoms with Gasteiger partial charge in [-0.15, -0.1) is 11.8 Å². The number of para-hydroxylation sites is 1. The molecule has 0 aliphatic carbocycles. The molecule has 0 N–H and O–H groups in total. The maximum atomic E-state index is 5.60. The lowest BCUT2D eigenvalue weighted by Crippen LogP contribution is -2.24. The summed E-state index contributed by atoms with van der Waals surface area (Å²) >= 11 is 1.94. The molecule has 0 unspecified atom stereocenters. The van der Waals surface area contributed by atoms with Gasteiger partial charge >= 0.3 is 0 Å². The first-order valence-corrected chi connectivity index (χ1v) is 10.4. The minimum absolute atomic E-state index is 0.317. The zero-order valence-corrected chi connectivity index (χ0v) is 16.9. The molecule has 6 heteroatoms. The van der Waals surface area contributed by atoms with E-state index in [0.29, 0.717) is 12.0 Å². The van der Waals surface area contributed by atoms with Gasteiger partial charge in [-0.3, -0.25) is 4.68 Å². The topological polar surface area (TPSA) is 39.5 Å². The van der Waals surface area contributed by atoms with Crippen LogP contribution >= 0.6 is 11.8 Å². The lowest BCUT2D eigenvalue weighted by Gasteiger charge is -2.24. The van der Waals surface area contributed by atoms with Crippen LogP contribution in [-0.4, -0.2) is 23.1 Å². The third kappa shape index (κ3) is 3.11. The molecular formula is C22H23N3O2S. The fourth-order valence-electron chi connectivity index (χ4n) is 3.84. The summed E-state index contributed by atoms with van der Waals surface area (Å²) in [5.74, 6) is 1.70. The Morgan fingerprint density at radius 2 is 2.00 bits per heavy atom. The van der Waals surface area contributed by atoms with Crippen molar-refractivity contribution in [1.82, 2.24) is 9.78 Å². The first-order chi connectivity index (χ1) is 13.7. The molecule has 28 heavy (non-hydrogen) atoms. The van der Waals surface area contributed by atoms with Crippen LogP contribution in [0.2, 0.25) is 0 Å². The molecule has 0 fully saturated rings. The zero-order valence-electron chi connectivity index (χ0n) is 16.1. The Kier molecular flexibility index (Phi) is 4.43. The highest BCUT2D eigenvalue weighted by Crippen LogP contribution is 2.47. The smallest absolute Gasteiger partial charge is 0.231 e. The van der Waals surface area contributed by atoms with Crippen LogP contribution < -0.4 is 14.4 Å². The van der Waals surface area contributed by atoms with E-state index in [0.717, 1.165) is 31.0 Å². The third-order valence-electron chi connectivity index (χ3n) is 5.60. The summed E-state index contributed by atoms with van der Waals surface area (Å²) in [6.07, 6.45) is 3.06. The molecule has 1 atom stereocenters. The number of anilines is 1. The summed E-state index contributed by atoms with van der Waals surface area (Å²) in [7, 11) is 2.00. The Balaban J connectivity index is 1.45. The number of benzene rings is 2. The van der Waals surface area contributed by atoms with Gasteiger partial charge in [0.25, 0.3) is 0 Å². The predicted molar refractivity (Wildman–Crippen MR) is 111 cm³/mol. The number of aromatic nitrogens is 2. The van der Waals surface area contributed by atoms with Gasteiger partial charge in [0.2, 0.25) is 6.79 Å². The summed E-state index contributed by atoms with van der Waals surface area (Å²) in [5.41, 5.74) is 5.10. The van der Waals surface area contributed by atoms with E-state index < -0.39 is 0 Å². The van der Waals surface area contributed by atoms with Crippen LogP contribution in [0.3, 0.4) is 0 Å². The number of aryl methyl sites for hydroxylation is 1. The van der Waals surface area contributed by atoms with Crippen molar-refractivity contribution in [3.8, 4) is 11.5 Å². The molecule has 0 bridgehead atoms. The minimum atomic E-state index is 0.317. The number of rotatable bonds is 3. The first-order valence-electron chi connectivity index (χ1n) is 9.57. The molecular weight excluding hydrogens is 370 g/mol. The number of thioether (sulfide) groups is 1. The molecule has 0 radical (unpaired) electrons. The lowest BCUT2D eigenvalue weighted by atomic mass is 10.1. The molecule has 2 aromatic carbocycles. The number of nitrogens with zero attached hydrogens (tertiary/aromatic N) is 3. The predicted octanol–water partition coefficient (Wildman–Crippen LogP) is 4.70. The Labute approximate surface area is 169 Å². The maximum Gasteiger partial charge on any atom is 0.231 e. The fourth-order valence-corrected chi connectivity index (χ4v) is 5.13. The Bertz CT molecular complexity index is 1020. The van der Waals surface area contributed by atoms with E-state index in [-0.39, 0.29) is 0 Å². The molecule has 0 amide bonds. The SMILES string of the molecule is Cc1c(CN2CC[C@H](c3ccc4c(c3)OCO4)Sc3ccccc32)cnn1C. The highest BCUT2D eigenvalue weighted by atomic mass is 32.2. The fraction of sp³-hybridized carbons (Fsp3) is 0.318. The highest BCUT2D eigenvalue weighted by Gasteiger charge is 2.25. The van der Waals surface area contributed by atoms with Crippen molar-refractivity contribution >= 4 is 17.4 Å². The van der Waals surface area contributed by atoms with Crippen molar-refractivity contribution in [2.45, 2.75) is 30.0 Å². The second-order valence-electron chi connectivity index (χ2n) is 7.28. The summed E-state index contributed by atoms with van der Waals surface area (Å²) in [4.78, 5) is 3.81. The molecule has 3 aromatic rings. The van der Waals surface area contributed by atoms with Gasteiger partial charge in [-0.05, 0) is 43.2 Å². The van der Waals surface area contributed by atoms with E-state index in [1.54, 1.807) is 0 Å². The van der Waals surface area contributed by atoms with Crippen LogP contribution in [0.5, 0.6) is 11.5 Å². The zero-order chi connectivity index (χ0) is 19.1. The highest BCUT2D eigenvalue weighted by molar-refractivity contribution is 7.99. The molecule has 5 nitrogen and oxygen atoms in total. The quantitative estimate of drug-likeness (QED) is 0.645. The normalized spacial score (nSPS) is 18.1. The van der Waals surface area contributed by atoms with Gasteiger partial charge in [-0.25, -0.2) is 0 Å². The Morgan fingerprint density at radius 3 is 2.86 bits per heavy atom. The van der Waals surface area contributed by atoms with Crippen molar-refractivity contribution in [2.24, 2.45) is 7.05 Å². The van der Waals surface area contributed by atoms with Crippen molar-refractivity contribution in [2.75, 3.05) is 18.2 Å². The van der Waals surface area contributed by atoms with E-state index >= 15 is 0 Å². The minimum Gasteiger partial charge on any atom is -0.454 e. The van der Waals surface area contributed by atoms with Crippen LogP contribution in [0.4, 0.5) is 5.69 Å². The van der Waals surface area contributed by atoms with Crippen molar-refractivity contribution < 1.29 is 9.47 Å². The summed E-state index contributed by atoms with van der Waals surface area (Å²) in [5, 5.41) is 4.80. The van der Waals surface area contributed by atoms with E-state index in [2.05, 4.69) is 53.3 Å². The van der Waals surface area contributed by atoms with Gasteiger partial charge < -0.3 is 14.4 Å². The maximum absolute atomic E-state index is 5.60. The molecule has 3 heterocycles. The van der Waals surface area contributed by atoms with Gasteiger partial charge in [-0.1, -0.05) is 18.2 Å². The molecule has 0 saturated heterocycles. The summed E-state index contributed by atoms with van der Waals surface area (Å²) < 4.78 is 13.0. The average Bonchev–Trinajstić information content (AvgIpc) is 3.25. The van der Waals surface area contributed by atoms with Gasteiger partial charge in [0.05, 0.1) is 11.9 Å². The molecule has 1 aromatic heterocycles. The second kappa shape index (κ2) is 7.09. The van der Waals surface area contributed by atoms with Gasteiger partial charge in [0.1, 0.15) is 0 Å². The van der Waals surface area contributed by atoms with E-state index in [9.17, 15) is 0 Å². The van der Waals surface area contributed by atoms with E-state index in [1.807, 2.05) is 35.8 Å². The number of ether oxygens (including phenoxy) is 2. The Hall–Kier alpha value is -2.60. The van der Waals surface area contributed by atoms with Gasteiger partial charge in [-0.2, -0.15) is 5.10 Å². The van der Waals surface area contributed by atoms with Gasteiger partial charge in [0, 0.05) is 41.5 Å². The third-order valence-corrected chi connectivity index (χ3v) is 6.99. The van der Waals surface area contributed by atoms with Crippen LogP contribution in [0.15, 0.2) is 53.6 Å². The van der Waals surface area contributed by atoms with Crippen LogP contribution in [0, 0.1) is 6.92 Å². The van der Waals surface area contributed by atoms with Crippen LogP contribution in [0.25, 0.3) is 0 Å². The molecule has 2 aliphatic heterocycles. The van der Waals surface area contributed by atoms with E-state index in [4.69, 9.17) is 9.47 Å². The van der Waals surface area contributed by atoms with E-state index in [1.165, 1.54) is 27.4 Å². The summed E-state index contributed by atoms with van der Waals surface area (Å²) in [6.45, 7) is 4.33. The number of hydrogen-bond donors (Lipinski definition) is 0. The standard InChI is InChI=1S/C22H23N3O2S/c1-15-17(12-23-24(15)2)13-25-10-9-21(28-22-6-4-3-5-18(22)25)16-7-8-19-20(11-16)27-14-26-19/h3-8,11-12,21H,9-10,13-14H2,1-2H3/t21-/m1/s1. The van der Waals surface area contributed by atoms with Crippen molar-refractivity contribution in [1.29, 1.82) is 0 Å². The van der Waals surface area contributed by atoms with Crippen LogP contribution in [0.1, 0.15) is 28.5 Å².